The van der Waals surface area contributed by atoms with Gasteiger partial charge in [0.1, 0.15) is 5.75 Å². The van der Waals surface area contributed by atoms with Gasteiger partial charge in [-0.1, -0.05) is 17.7 Å². The molecule has 3 rings (SSSR count). The van der Waals surface area contributed by atoms with Crippen LogP contribution < -0.4 is 25.0 Å². The molecule has 0 spiro atoms. The van der Waals surface area contributed by atoms with E-state index in [1.165, 1.54) is 13.3 Å². The Kier molecular flexibility index (Phi) is 9.01. The predicted molar refractivity (Wildman–Crippen MR) is 136 cm³/mol. The van der Waals surface area contributed by atoms with Gasteiger partial charge in [0.05, 0.1) is 25.5 Å². The van der Waals surface area contributed by atoms with E-state index in [2.05, 4.69) is 15.8 Å². The lowest BCUT2D eigenvalue weighted by atomic mass is 10.2. The average Bonchev–Trinajstić information content (AvgIpc) is 2.87. The van der Waals surface area contributed by atoms with Gasteiger partial charge in [-0.25, -0.2) is 10.2 Å². The van der Waals surface area contributed by atoms with Crippen molar-refractivity contribution >= 4 is 41.3 Å². The number of halogens is 1. The van der Waals surface area contributed by atoms with Gasteiger partial charge in [-0.2, -0.15) is 5.10 Å². The van der Waals surface area contributed by atoms with E-state index in [0.29, 0.717) is 39.9 Å². The molecule has 0 aliphatic heterocycles. The first-order chi connectivity index (χ1) is 17.3. The first-order valence-corrected chi connectivity index (χ1v) is 11.2. The summed E-state index contributed by atoms with van der Waals surface area (Å²) in [6.07, 6.45) is 1.32. The highest BCUT2D eigenvalue weighted by atomic mass is 35.5. The molecule has 0 aliphatic carbocycles. The number of benzene rings is 3. The molecule has 0 bridgehead atoms. The van der Waals surface area contributed by atoms with Crippen LogP contribution in [-0.4, -0.2) is 37.7 Å². The third-order valence-electron chi connectivity index (χ3n) is 4.81. The molecule has 9 nitrogen and oxygen atoms in total. The number of anilines is 1. The van der Waals surface area contributed by atoms with E-state index in [1.54, 1.807) is 67.6 Å². The van der Waals surface area contributed by atoms with Crippen LogP contribution in [0.4, 0.5) is 5.69 Å². The molecule has 0 unspecified atom stereocenters. The summed E-state index contributed by atoms with van der Waals surface area (Å²) >= 11 is 6.03. The maximum absolute atomic E-state index is 12.5. The van der Waals surface area contributed by atoms with Gasteiger partial charge in [0.15, 0.2) is 11.5 Å². The Morgan fingerprint density at radius 1 is 0.972 bits per heavy atom. The van der Waals surface area contributed by atoms with Crippen molar-refractivity contribution in [3.63, 3.8) is 0 Å². The molecule has 0 saturated carbocycles. The highest BCUT2D eigenvalue weighted by molar-refractivity contribution is 6.39. The molecule has 0 saturated heterocycles. The van der Waals surface area contributed by atoms with Gasteiger partial charge in [-0.05, 0) is 79.6 Å². The highest BCUT2D eigenvalue weighted by Gasteiger charge is 2.15. The Hall–Kier alpha value is -4.37. The van der Waals surface area contributed by atoms with Crippen molar-refractivity contribution in [2.24, 2.45) is 5.10 Å². The zero-order valence-electron chi connectivity index (χ0n) is 19.8. The molecule has 0 fully saturated rings. The van der Waals surface area contributed by atoms with E-state index in [1.807, 2.05) is 6.92 Å². The topological polar surface area (TPSA) is 115 Å². The van der Waals surface area contributed by atoms with Crippen LogP contribution in [0.5, 0.6) is 17.2 Å². The SMILES string of the molecule is CCOc1cc(/C=N/NC(=O)C(=O)Nc2ccc(C)c(Cl)c2)ccc1OC(=O)c1ccc(OC)cc1. The Balaban J connectivity index is 1.63. The lowest BCUT2D eigenvalue weighted by molar-refractivity contribution is -0.136. The van der Waals surface area contributed by atoms with Crippen molar-refractivity contribution in [1.82, 2.24) is 5.43 Å². The molecular formula is C26H24ClN3O6. The second-order valence-corrected chi connectivity index (χ2v) is 7.78. The summed E-state index contributed by atoms with van der Waals surface area (Å²) in [5.74, 6) is -1.28. The quantitative estimate of drug-likeness (QED) is 0.153. The Morgan fingerprint density at radius 3 is 2.39 bits per heavy atom. The monoisotopic (exact) mass is 509 g/mol. The minimum Gasteiger partial charge on any atom is -0.497 e. The van der Waals surface area contributed by atoms with Gasteiger partial charge < -0.3 is 19.5 Å². The second kappa shape index (κ2) is 12.4. The summed E-state index contributed by atoms with van der Waals surface area (Å²) in [6, 6.07) is 16.1. The van der Waals surface area contributed by atoms with Crippen LogP contribution in [0.1, 0.15) is 28.4 Å². The highest BCUT2D eigenvalue weighted by Crippen LogP contribution is 2.29. The number of nitrogens with one attached hydrogen (secondary N) is 2. The molecule has 0 aliphatic rings. The van der Waals surface area contributed by atoms with Crippen molar-refractivity contribution < 1.29 is 28.6 Å². The maximum atomic E-state index is 12.5. The normalized spacial score (nSPS) is 10.6. The van der Waals surface area contributed by atoms with Crippen LogP contribution in [0.25, 0.3) is 0 Å². The number of hydrazone groups is 1. The largest absolute Gasteiger partial charge is 0.497 e. The standard InChI is InChI=1S/C26H24ClN3O6/c1-4-35-23-13-17(6-12-22(23)36-26(33)18-7-10-20(34-3)11-8-18)15-28-30-25(32)24(31)29-19-9-5-16(2)21(27)14-19/h5-15H,4H2,1-3H3,(H,29,31)(H,30,32)/b28-15+. The molecule has 3 aromatic rings. The number of nitrogens with zero attached hydrogens (tertiary/aromatic N) is 1. The van der Waals surface area contributed by atoms with E-state index < -0.39 is 17.8 Å². The fourth-order valence-electron chi connectivity index (χ4n) is 2.92. The van der Waals surface area contributed by atoms with Gasteiger partial charge in [-0.3, -0.25) is 9.59 Å². The molecule has 0 heterocycles. The molecule has 2 amide bonds. The summed E-state index contributed by atoms with van der Waals surface area (Å²) in [7, 11) is 1.54. The van der Waals surface area contributed by atoms with E-state index in [-0.39, 0.29) is 5.75 Å². The maximum Gasteiger partial charge on any atom is 0.343 e. The van der Waals surface area contributed by atoms with Gasteiger partial charge in [0.2, 0.25) is 0 Å². The number of aryl methyl sites for hydroxylation is 1. The van der Waals surface area contributed by atoms with Crippen molar-refractivity contribution in [2.45, 2.75) is 13.8 Å². The Morgan fingerprint density at radius 2 is 1.72 bits per heavy atom. The fraction of sp³-hybridized carbons (Fsp3) is 0.154. The summed E-state index contributed by atoms with van der Waals surface area (Å²) in [4.78, 5) is 36.6. The fourth-order valence-corrected chi connectivity index (χ4v) is 3.10. The third kappa shape index (κ3) is 7.07. The number of ether oxygens (including phenoxy) is 3. The molecule has 2 N–H and O–H groups in total. The molecule has 3 aromatic carbocycles. The van der Waals surface area contributed by atoms with Crippen LogP contribution in [0.2, 0.25) is 5.02 Å². The summed E-state index contributed by atoms with van der Waals surface area (Å²) in [5, 5.41) is 6.72. The molecule has 0 aromatic heterocycles. The number of esters is 1. The number of methoxy groups -OCH3 is 1. The number of hydrogen-bond acceptors (Lipinski definition) is 7. The van der Waals surface area contributed by atoms with Crippen LogP contribution in [-0.2, 0) is 9.59 Å². The molecular weight excluding hydrogens is 486 g/mol. The molecule has 10 heteroatoms. The summed E-state index contributed by atoms with van der Waals surface area (Å²) in [5.41, 5.74) is 4.27. The van der Waals surface area contributed by atoms with Crippen molar-refractivity contribution in [2.75, 3.05) is 19.0 Å². The van der Waals surface area contributed by atoms with Crippen LogP contribution >= 0.6 is 11.6 Å². The smallest absolute Gasteiger partial charge is 0.343 e. The first-order valence-electron chi connectivity index (χ1n) is 10.8. The van der Waals surface area contributed by atoms with Crippen molar-refractivity contribution in [3.05, 3.63) is 82.4 Å². The molecule has 36 heavy (non-hydrogen) atoms. The first kappa shape index (κ1) is 26.2. The summed E-state index contributed by atoms with van der Waals surface area (Å²) < 4.78 is 16.1. The number of carbonyl (C=O) groups is 3. The molecule has 0 atom stereocenters. The van der Waals surface area contributed by atoms with E-state index in [9.17, 15) is 14.4 Å². The van der Waals surface area contributed by atoms with E-state index >= 15 is 0 Å². The van der Waals surface area contributed by atoms with Gasteiger partial charge in [-0.15, -0.1) is 0 Å². The number of rotatable bonds is 8. The van der Waals surface area contributed by atoms with Crippen LogP contribution in [0.15, 0.2) is 65.8 Å². The third-order valence-corrected chi connectivity index (χ3v) is 5.22. The molecule has 186 valence electrons. The van der Waals surface area contributed by atoms with Crippen molar-refractivity contribution in [3.8, 4) is 17.2 Å². The van der Waals surface area contributed by atoms with Crippen molar-refractivity contribution in [1.29, 1.82) is 0 Å². The van der Waals surface area contributed by atoms with E-state index in [4.69, 9.17) is 25.8 Å². The van der Waals surface area contributed by atoms with E-state index in [0.717, 1.165) is 5.56 Å². The average molecular weight is 510 g/mol. The zero-order chi connectivity index (χ0) is 26.1. The van der Waals surface area contributed by atoms with Gasteiger partial charge in [0.25, 0.3) is 0 Å². The number of hydrogen-bond donors (Lipinski definition) is 2. The zero-order valence-corrected chi connectivity index (χ0v) is 20.6. The predicted octanol–water partition coefficient (Wildman–Crippen LogP) is 4.36. The van der Waals surface area contributed by atoms with Gasteiger partial charge in [0, 0.05) is 10.7 Å². The number of carbonyl (C=O) groups excluding carboxylic acids is 3. The lowest BCUT2D eigenvalue weighted by Gasteiger charge is -2.11. The Labute approximate surface area is 213 Å². The minimum absolute atomic E-state index is 0.218. The van der Waals surface area contributed by atoms with Gasteiger partial charge >= 0.3 is 17.8 Å². The van der Waals surface area contributed by atoms with Crippen LogP contribution in [0, 0.1) is 6.92 Å². The Bertz CT molecular complexity index is 1290. The summed E-state index contributed by atoms with van der Waals surface area (Å²) in [6.45, 7) is 3.94. The molecule has 0 radical (unpaired) electrons. The second-order valence-electron chi connectivity index (χ2n) is 7.37. The number of amides is 2. The minimum atomic E-state index is -0.960. The lowest BCUT2D eigenvalue weighted by Crippen LogP contribution is -2.32. The van der Waals surface area contributed by atoms with Crippen LogP contribution in [0.3, 0.4) is 0 Å².